The number of halogens is 4. The first-order valence-electron chi connectivity index (χ1n) is 9.39. The molecule has 1 aliphatic rings. The highest BCUT2D eigenvalue weighted by molar-refractivity contribution is 14.0. The second-order valence-electron chi connectivity index (χ2n) is 6.63. The molecule has 2 N–H and O–H groups in total. The number of hydrogen-bond acceptors (Lipinski definition) is 3. The van der Waals surface area contributed by atoms with Gasteiger partial charge < -0.3 is 15.4 Å². The third-order valence-electron chi connectivity index (χ3n) is 4.28. The lowest BCUT2D eigenvalue weighted by Crippen LogP contribution is -2.45. The molecule has 0 radical (unpaired) electrons. The van der Waals surface area contributed by atoms with Crippen molar-refractivity contribution in [3.63, 3.8) is 0 Å². The average molecular weight is 514 g/mol. The zero-order valence-electron chi connectivity index (χ0n) is 16.4. The lowest BCUT2D eigenvalue weighted by Gasteiger charge is -2.19. The van der Waals surface area contributed by atoms with E-state index in [1.165, 1.54) is 4.90 Å². The van der Waals surface area contributed by atoms with E-state index in [9.17, 15) is 13.2 Å². The highest BCUT2D eigenvalue weighted by Gasteiger charge is 2.34. The lowest BCUT2D eigenvalue weighted by atomic mass is 10.1. The molecular formula is C19H30F3IN4O. The summed E-state index contributed by atoms with van der Waals surface area (Å²) in [4.78, 5) is 5.99. The number of ether oxygens (including phenoxy) is 1. The lowest BCUT2D eigenvalue weighted by molar-refractivity contribution is -0.143. The van der Waals surface area contributed by atoms with Gasteiger partial charge in [0, 0.05) is 32.3 Å². The van der Waals surface area contributed by atoms with Crippen molar-refractivity contribution in [2.45, 2.75) is 45.6 Å². The molecule has 0 spiro atoms. The Hall–Kier alpha value is -1.07. The molecule has 160 valence electrons. The van der Waals surface area contributed by atoms with Crippen molar-refractivity contribution < 1.29 is 17.9 Å². The Morgan fingerprint density at radius 2 is 1.89 bits per heavy atom. The number of benzene rings is 1. The van der Waals surface area contributed by atoms with Crippen molar-refractivity contribution in [3.8, 4) is 0 Å². The summed E-state index contributed by atoms with van der Waals surface area (Å²) >= 11 is 0. The third-order valence-corrected chi connectivity index (χ3v) is 4.28. The Morgan fingerprint density at radius 1 is 1.21 bits per heavy atom. The van der Waals surface area contributed by atoms with Crippen molar-refractivity contribution >= 4 is 29.9 Å². The number of guanidine groups is 1. The average Bonchev–Trinajstić information content (AvgIpc) is 3.04. The van der Waals surface area contributed by atoms with Gasteiger partial charge in [0.15, 0.2) is 5.96 Å². The van der Waals surface area contributed by atoms with Crippen LogP contribution in [0.1, 0.15) is 31.4 Å². The van der Waals surface area contributed by atoms with Gasteiger partial charge >= 0.3 is 6.18 Å². The molecule has 1 aromatic carbocycles. The van der Waals surface area contributed by atoms with E-state index in [0.717, 1.165) is 11.1 Å². The van der Waals surface area contributed by atoms with Crippen molar-refractivity contribution in [1.82, 2.24) is 15.5 Å². The van der Waals surface area contributed by atoms with Crippen LogP contribution in [0, 0.1) is 0 Å². The summed E-state index contributed by atoms with van der Waals surface area (Å²) in [7, 11) is 0. The molecule has 1 aliphatic heterocycles. The minimum Gasteiger partial charge on any atom is -0.377 e. The molecule has 1 atom stereocenters. The molecule has 0 bridgehead atoms. The number of rotatable bonds is 8. The van der Waals surface area contributed by atoms with Gasteiger partial charge in [0.2, 0.25) is 0 Å². The van der Waals surface area contributed by atoms with Crippen LogP contribution in [0.3, 0.4) is 0 Å². The van der Waals surface area contributed by atoms with Gasteiger partial charge in [-0.2, -0.15) is 13.2 Å². The number of nitrogens with zero attached hydrogens (tertiary/aromatic N) is 2. The van der Waals surface area contributed by atoms with Crippen LogP contribution < -0.4 is 10.6 Å². The van der Waals surface area contributed by atoms with Crippen LogP contribution in [0.25, 0.3) is 0 Å². The van der Waals surface area contributed by atoms with Gasteiger partial charge in [-0.15, -0.1) is 24.0 Å². The summed E-state index contributed by atoms with van der Waals surface area (Å²) in [5, 5.41) is 6.41. The van der Waals surface area contributed by atoms with E-state index in [4.69, 9.17) is 4.74 Å². The molecule has 1 aromatic rings. The third kappa shape index (κ3) is 9.42. The second-order valence-corrected chi connectivity index (χ2v) is 6.63. The quantitative estimate of drug-likeness (QED) is 0.317. The summed E-state index contributed by atoms with van der Waals surface area (Å²) in [5.74, 6) is 0.634. The molecule has 1 unspecified atom stereocenters. The zero-order chi connectivity index (χ0) is 19.7. The highest BCUT2D eigenvalue weighted by Crippen LogP contribution is 2.20. The minimum atomic E-state index is -4.15. The van der Waals surface area contributed by atoms with Crippen LogP contribution in [-0.4, -0.2) is 55.9 Å². The fourth-order valence-electron chi connectivity index (χ4n) is 2.99. The van der Waals surface area contributed by atoms with Crippen LogP contribution in [0.2, 0.25) is 0 Å². The van der Waals surface area contributed by atoms with Crippen LogP contribution in [0.4, 0.5) is 13.2 Å². The number of hydrogen-bond donors (Lipinski definition) is 2. The van der Waals surface area contributed by atoms with Crippen LogP contribution >= 0.6 is 24.0 Å². The minimum absolute atomic E-state index is 0. The fraction of sp³-hybridized carbons (Fsp3) is 0.632. The smallest absolute Gasteiger partial charge is 0.377 e. The summed E-state index contributed by atoms with van der Waals surface area (Å²) < 4.78 is 42.9. The molecule has 0 saturated carbocycles. The van der Waals surface area contributed by atoms with Gasteiger partial charge in [-0.05, 0) is 31.4 Å². The van der Waals surface area contributed by atoms with Gasteiger partial charge in [-0.25, -0.2) is 4.99 Å². The van der Waals surface area contributed by atoms with Crippen molar-refractivity contribution in [3.05, 3.63) is 35.4 Å². The van der Waals surface area contributed by atoms with E-state index in [0.29, 0.717) is 51.8 Å². The summed E-state index contributed by atoms with van der Waals surface area (Å²) in [6, 6.07) is 8.04. The molecular weight excluding hydrogens is 484 g/mol. The van der Waals surface area contributed by atoms with Gasteiger partial charge in [-0.1, -0.05) is 24.3 Å². The predicted molar refractivity (Wildman–Crippen MR) is 116 cm³/mol. The van der Waals surface area contributed by atoms with E-state index >= 15 is 0 Å². The number of nitrogens with one attached hydrogen (secondary N) is 2. The molecule has 1 fully saturated rings. The Balaban J connectivity index is 0.00000392. The van der Waals surface area contributed by atoms with Crippen LogP contribution in [-0.2, 0) is 17.9 Å². The monoisotopic (exact) mass is 514 g/mol. The van der Waals surface area contributed by atoms with Crippen LogP contribution in [0.15, 0.2) is 29.3 Å². The Bertz CT molecular complexity index is 596. The first kappa shape index (κ1) is 25.0. The molecule has 9 heteroatoms. The SMILES string of the molecule is CCNC(=NCc1ccc(COCC)cc1)NC1CCN(CC(F)(F)F)C1.I. The maximum atomic E-state index is 12.5. The molecule has 5 nitrogen and oxygen atoms in total. The van der Waals surface area contributed by atoms with E-state index in [-0.39, 0.29) is 30.0 Å². The predicted octanol–water partition coefficient (Wildman–Crippen LogP) is 3.53. The van der Waals surface area contributed by atoms with Crippen LogP contribution in [0.5, 0.6) is 0 Å². The Morgan fingerprint density at radius 3 is 2.50 bits per heavy atom. The van der Waals surface area contributed by atoms with E-state index < -0.39 is 12.7 Å². The van der Waals surface area contributed by atoms with Crippen molar-refractivity contribution in [2.24, 2.45) is 4.99 Å². The standard InChI is InChI=1S/C19H29F3N4O.HI/c1-3-23-18(25-17-9-10-26(12-17)14-19(20,21)22)24-11-15-5-7-16(8-6-15)13-27-4-2;/h5-8,17H,3-4,9-14H2,1-2H3,(H2,23,24,25);1H. The molecule has 0 aliphatic carbocycles. The molecule has 0 aromatic heterocycles. The van der Waals surface area contributed by atoms with Gasteiger partial charge in [0.1, 0.15) is 0 Å². The number of alkyl halides is 3. The fourth-order valence-corrected chi connectivity index (χ4v) is 2.99. The Kier molecular flexibility index (Phi) is 11.1. The summed E-state index contributed by atoms with van der Waals surface area (Å²) in [6.07, 6.45) is -3.48. The van der Waals surface area contributed by atoms with Gasteiger partial charge in [0.05, 0.1) is 19.7 Å². The topological polar surface area (TPSA) is 48.9 Å². The largest absolute Gasteiger partial charge is 0.401 e. The Labute approximate surface area is 182 Å². The van der Waals surface area contributed by atoms with Gasteiger partial charge in [0.25, 0.3) is 0 Å². The highest BCUT2D eigenvalue weighted by atomic mass is 127. The van der Waals surface area contributed by atoms with E-state index in [2.05, 4.69) is 15.6 Å². The normalized spacial score (nSPS) is 18.0. The number of likely N-dealkylation sites (tertiary alicyclic amines) is 1. The molecule has 0 amide bonds. The van der Waals surface area contributed by atoms with E-state index in [1.54, 1.807) is 0 Å². The molecule has 28 heavy (non-hydrogen) atoms. The second kappa shape index (κ2) is 12.5. The zero-order valence-corrected chi connectivity index (χ0v) is 18.7. The summed E-state index contributed by atoms with van der Waals surface area (Å²) in [5.41, 5.74) is 2.18. The summed E-state index contributed by atoms with van der Waals surface area (Å²) in [6.45, 7) is 6.36. The first-order chi connectivity index (χ1) is 12.9. The van der Waals surface area contributed by atoms with Gasteiger partial charge in [-0.3, -0.25) is 4.90 Å². The maximum absolute atomic E-state index is 12.5. The molecule has 2 rings (SSSR count). The molecule has 1 saturated heterocycles. The van der Waals surface area contributed by atoms with E-state index in [1.807, 2.05) is 38.1 Å². The first-order valence-corrected chi connectivity index (χ1v) is 9.39. The number of aliphatic imine (C=N–C) groups is 1. The molecule has 1 heterocycles. The van der Waals surface area contributed by atoms with Crippen molar-refractivity contribution in [2.75, 3.05) is 32.8 Å². The maximum Gasteiger partial charge on any atom is 0.401 e. The van der Waals surface area contributed by atoms with Crippen molar-refractivity contribution in [1.29, 1.82) is 0 Å².